The Bertz CT molecular complexity index is 975. The first-order valence-corrected chi connectivity index (χ1v) is 12.9. The maximum atomic E-state index is 15.1. The Labute approximate surface area is 207 Å². The van der Waals surface area contributed by atoms with Gasteiger partial charge >= 0.3 is 6.09 Å². The highest BCUT2D eigenvalue weighted by Crippen LogP contribution is 2.36. The van der Waals surface area contributed by atoms with Gasteiger partial charge in [0.15, 0.2) is 0 Å². The van der Waals surface area contributed by atoms with Crippen molar-refractivity contribution in [3.05, 3.63) is 34.6 Å². The summed E-state index contributed by atoms with van der Waals surface area (Å²) in [6.07, 6.45) is 4.35. The first kappa shape index (κ1) is 25.6. The second kappa shape index (κ2) is 10.2. The van der Waals surface area contributed by atoms with Crippen molar-refractivity contribution in [2.75, 3.05) is 26.2 Å². The van der Waals surface area contributed by atoms with Crippen molar-refractivity contribution < 1.29 is 23.5 Å². The van der Waals surface area contributed by atoms with E-state index in [9.17, 15) is 14.4 Å². The number of halogens is 1. The topological polar surface area (TPSA) is 79.0 Å². The Morgan fingerprint density at radius 3 is 2.46 bits per heavy atom. The number of hydrogen-bond donors (Lipinski definition) is 1. The molecule has 4 rings (SSSR count). The summed E-state index contributed by atoms with van der Waals surface area (Å²) >= 11 is 0. The van der Waals surface area contributed by atoms with Gasteiger partial charge in [0.1, 0.15) is 11.4 Å². The van der Waals surface area contributed by atoms with Crippen LogP contribution < -0.4 is 5.32 Å². The van der Waals surface area contributed by atoms with E-state index < -0.39 is 11.5 Å². The number of piperazine rings is 1. The molecular weight excluding hydrogens is 449 g/mol. The van der Waals surface area contributed by atoms with E-state index in [1.807, 2.05) is 32.9 Å². The van der Waals surface area contributed by atoms with E-state index in [0.29, 0.717) is 54.6 Å². The summed E-state index contributed by atoms with van der Waals surface area (Å²) in [5, 5.41) is 2.36. The van der Waals surface area contributed by atoms with Gasteiger partial charge in [0.2, 0.25) is 11.8 Å². The van der Waals surface area contributed by atoms with Gasteiger partial charge < -0.3 is 9.64 Å². The van der Waals surface area contributed by atoms with Crippen LogP contribution in [-0.2, 0) is 20.7 Å². The summed E-state index contributed by atoms with van der Waals surface area (Å²) in [5.74, 6) is -0.687. The van der Waals surface area contributed by atoms with Gasteiger partial charge in [-0.1, -0.05) is 12.1 Å². The van der Waals surface area contributed by atoms with E-state index in [1.54, 1.807) is 11.8 Å². The monoisotopic (exact) mass is 487 g/mol. The zero-order valence-electron chi connectivity index (χ0n) is 21.4. The fourth-order valence-corrected chi connectivity index (χ4v) is 5.51. The van der Waals surface area contributed by atoms with Crippen LogP contribution in [-0.4, -0.2) is 65.5 Å². The number of carbonyl (C=O) groups is 3. The van der Waals surface area contributed by atoms with Crippen molar-refractivity contribution in [2.24, 2.45) is 5.92 Å². The van der Waals surface area contributed by atoms with Crippen LogP contribution in [0, 0.1) is 18.7 Å². The fourth-order valence-electron chi connectivity index (χ4n) is 5.51. The molecule has 1 N–H and O–H groups in total. The van der Waals surface area contributed by atoms with Gasteiger partial charge in [0.05, 0.1) is 5.92 Å². The van der Waals surface area contributed by atoms with Gasteiger partial charge in [-0.05, 0) is 82.4 Å². The Morgan fingerprint density at radius 1 is 1.14 bits per heavy atom. The Balaban J connectivity index is 1.22. The van der Waals surface area contributed by atoms with E-state index in [1.165, 1.54) is 0 Å². The average molecular weight is 488 g/mol. The van der Waals surface area contributed by atoms with Crippen LogP contribution in [0.2, 0.25) is 0 Å². The van der Waals surface area contributed by atoms with Gasteiger partial charge in [0, 0.05) is 38.6 Å². The molecule has 0 aromatic heterocycles. The minimum atomic E-state index is -0.474. The number of benzene rings is 1. The largest absolute Gasteiger partial charge is 0.444 e. The lowest BCUT2D eigenvalue weighted by atomic mass is 9.75. The molecule has 1 aromatic carbocycles. The second-order valence-electron chi connectivity index (χ2n) is 11.3. The standard InChI is InChI=1S/C27H38FN3O4/c1-17-21(22-9-10-23(32)29-25(22)33)8-7-19(24(17)28)6-5-18-15-20(16-18)30-11-13-31(14-12-30)26(34)35-27(2,3)4/h7-8,18,20,22H,5-6,9-16H2,1-4H3,(H,29,32,33). The fraction of sp³-hybridized carbons (Fsp3) is 0.667. The van der Waals surface area contributed by atoms with Gasteiger partial charge in [-0.2, -0.15) is 0 Å². The van der Waals surface area contributed by atoms with Crippen molar-refractivity contribution in [1.82, 2.24) is 15.1 Å². The zero-order chi connectivity index (χ0) is 25.3. The van der Waals surface area contributed by atoms with Crippen molar-refractivity contribution >= 4 is 17.9 Å². The predicted molar refractivity (Wildman–Crippen MR) is 130 cm³/mol. The number of aryl methyl sites for hydroxylation is 1. The van der Waals surface area contributed by atoms with Crippen LogP contribution in [0.25, 0.3) is 0 Å². The maximum Gasteiger partial charge on any atom is 0.410 e. The molecule has 2 heterocycles. The number of rotatable bonds is 5. The highest BCUT2D eigenvalue weighted by atomic mass is 19.1. The van der Waals surface area contributed by atoms with Crippen LogP contribution in [0.5, 0.6) is 0 Å². The molecule has 1 aliphatic carbocycles. The molecule has 0 spiro atoms. The molecule has 35 heavy (non-hydrogen) atoms. The Morgan fingerprint density at radius 2 is 1.83 bits per heavy atom. The highest BCUT2D eigenvalue weighted by Gasteiger charge is 2.36. The molecule has 3 aliphatic rings. The number of imide groups is 1. The van der Waals surface area contributed by atoms with Gasteiger partial charge in [-0.15, -0.1) is 0 Å². The van der Waals surface area contributed by atoms with Crippen LogP contribution in [0.15, 0.2) is 12.1 Å². The van der Waals surface area contributed by atoms with Crippen molar-refractivity contribution in [2.45, 2.75) is 83.8 Å². The minimum Gasteiger partial charge on any atom is -0.444 e. The van der Waals surface area contributed by atoms with E-state index in [2.05, 4.69) is 10.2 Å². The van der Waals surface area contributed by atoms with Gasteiger partial charge in [-0.3, -0.25) is 19.8 Å². The van der Waals surface area contributed by atoms with Gasteiger partial charge in [0.25, 0.3) is 0 Å². The van der Waals surface area contributed by atoms with E-state index in [0.717, 1.165) is 32.4 Å². The second-order valence-corrected chi connectivity index (χ2v) is 11.3. The normalized spacial score (nSPS) is 25.7. The van der Waals surface area contributed by atoms with Crippen LogP contribution in [0.3, 0.4) is 0 Å². The first-order valence-electron chi connectivity index (χ1n) is 12.9. The first-order chi connectivity index (χ1) is 16.5. The van der Waals surface area contributed by atoms with Crippen molar-refractivity contribution in [3.63, 3.8) is 0 Å². The smallest absolute Gasteiger partial charge is 0.410 e. The molecular formula is C27H38FN3O4. The molecule has 1 atom stereocenters. The van der Waals surface area contributed by atoms with Crippen LogP contribution >= 0.6 is 0 Å². The number of amides is 3. The molecule has 7 nitrogen and oxygen atoms in total. The van der Waals surface area contributed by atoms with Crippen LogP contribution in [0.1, 0.15) is 75.5 Å². The number of hydrogen-bond acceptors (Lipinski definition) is 5. The maximum absolute atomic E-state index is 15.1. The quantitative estimate of drug-likeness (QED) is 0.637. The summed E-state index contributed by atoms with van der Waals surface area (Å²) in [5.41, 5.74) is 1.43. The molecule has 3 fully saturated rings. The number of ether oxygens (including phenoxy) is 1. The molecule has 192 valence electrons. The molecule has 8 heteroatoms. The van der Waals surface area contributed by atoms with Gasteiger partial charge in [-0.25, -0.2) is 9.18 Å². The van der Waals surface area contributed by atoms with Crippen molar-refractivity contribution in [1.29, 1.82) is 0 Å². The molecule has 2 saturated heterocycles. The molecule has 1 saturated carbocycles. The lowest BCUT2D eigenvalue weighted by Gasteiger charge is -2.46. The number of piperidine rings is 1. The molecule has 2 aliphatic heterocycles. The molecule has 3 amide bonds. The average Bonchev–Trinajstić information content (AvgIpc) is 2.75. The zero-order valence-corrected chi connectivity index (χ0v) is 21.4. The van der Waals surface area contributed by atoms with Crippen molar-refractivity contribution in [3.8, 4) is 0 Å². The Kier molecular flexibility index (Phi) is 7.50. The third-order valence-electron chi connectivity index (χ3n) is 7.64. The van der Waals surface area contributed by atoms with E-state index in [4.69, 9.17) is 4.74 Å². The lowest BCUT2D eigenvalue weighted by Crippen LogP contribution is -2.55. The third kappa shape index (κ3) is 6.02. The summed E-state index contributed by atoms with van der Waals surface area (Å²) in [6.45, 7) is 10.5. The number of nitrogens with one attached hydrogen (secondary N) is 1. The third-order valence-corrected chi connectivity index (χ3v) is 7.64. The number of nitrogens with zero attached hydrogens (tertiary/aromatic N) is 2. The minimum absolute atomic E-state index is 0.221. The molecule has 0 bridgehead atoms. The Hall–Kier alpha value is -2.48. The number of carbonyl (C=O) groups excluding carboxylic acids is 3. The summed E-state index contributed by atoms with van der Waals surface area (Å²) in [6, 6.07) is 4.22. The SMILES string of the molecule is Cc1c(C2CCC(=O)NC2=O)ccc(CCC2CC(N3CCN(C(=O)OC(C)(C)C)CC3)C2)c1F. The van der Waals surface area contributed by atoms with Crippen LogP contribution in [0.4, 0.5) is 9.18 Å². The van der Waals surface area contributed by atoms with E-state index >= 15 is 4.39 Å². The summed E-state index contributed by atoms with van der Waals surface area (Å²) < 4.78 is 20.6. The highest BCUT2D eigenvalue weighted by molar-refractivity contribution is 6.01. The predicted octanol–water partition coefficient (Wildman–Crippen LogP) is 3.92. The van der Waals surface area contributed by atoms with E-state index in [-0.39, 0.29) is 30.1 Å². The lowest BCUT2D eigenvalue weighted by molar-refractivity contribution is -0.134. The molecule has 0 radical (unpaired) electrons. The summed E-state index contributed by atoms with van der Waals surface area (Å²) in [7, 11) is 0. The molecule has 1 aromatic rings. The molecule has 1 unspecified atom stereocenters. The summed E-state index contributed by atoms with van der Waals surface area (Å²) in [4.78, 5) is 40.1.